The van der Waals surface area contributed by atoms with Crippen LogP contribution in [0, 0.1) is 113 Å². The number of rotatable bonds is 6. The van der Waals surface area contributed by atoms with E-state index in [4.69, 9.17) is 0 Å². The van der Waals surface area contributed by atoms with Crippen LogP contribution in [0.15, 0.2) is 97.1 Å². The Labute approximate surface area is 333 Å². The van der Waals surface area contributed by atoms with E-state index in [1.807, 2.05) is 24.3 Å². The van der Waals surface area contributed by atoms with Crippen LogP contribution in [0.3, 0.4) is 0 Å². The zero-order valence-electron chi connectivity index (χ0n) is 30.0. The van der Waals surface area contributed by atoms with Crippen molar-refractivity contribution in [2.45, 2.75) is 23.7 Å². The van der Waals surface area contributed by atoms with Crippen LogP contribution in [0.25, 0.3) is 22.3 Å². The molecule has 0 saturated carbocycles. The first kappa shape index (κ1) is 36.8. The molecule has 10 nitrogen and oxygen atoms in total. The van der Waals surface area contributed by atoms with Crippen molar-refractivity contribution in [2.75, 3.05) is 0 Å². The first-order valence-corrected chi connectivity index (χ1v) is 17.5. The van der Waals surface area contributed by atoms with E-state index in [9.17, 15) is 52.6 Å². The lowest BCUT2D eigenvalue weighted by atomic mass is 9.71. The minimum Gasteiger partial charge on any atom is -0.198 e. The Morgan fingerprint density at radius 3 is 1.00 bits per heavy atom. The van der Waals surface area contributed by atoms with E-state index in [-0.39, 0.29) is 77.9 Å². The number of hydrogen-bond donors (Lipinski definition) is 0. The standard InChI is InChI=1S/C48H20N10/c49-17-27-11-28(18-50)14-33(13-27)35(21-53)45-41(31-7-3-1-4-8-31)37(23-55)43-39(25-57)44-38(24-56)42(32-9-5-2-6-10-32)46(48(44)40(26-58)47(43)45)36(22-54)34-15-29(19-51)12-30(16-34)20-52/h1-16,35-36,45-46H. The lowest BCUT2D eigenvalue weighted by Crippen LogP contribution is -2.17. The highest BCUT2D eigenvalue weighted by molar-refractivity contribution is 6.13. The largest absolute Gasteiger partial charge is 0.198 e. The fourth-order valence-electron chi connectivity index (χ4n) is 8.42. The van der Waals surface area contributed by atoms with E-state index in [0.717, 1.165) is 0 Å². The van der Waals surface area contributed by atoms with Gasteiger partial charge >= 0.3 is 0 Å². The molecule has 0 aliphatic heterocycles. The summed E-state index contributed by atoms with van der Waals surface area (Å²) in [5.41, 5.74) is 2.85. The van der Waals surface area contributed by atoms with Crippen molar-refractivity contribution < 1.29 is 0 Å². The number of benzene rings is 5. The van der Waals surface area contributed by atoms with Crippen LogP contribution in [0.2, 0.25) is 0 Å². The zero-order valence-corrected chi connectivity index (χ0v) is 30.0. The summed E-state index contributed by atoms with van der Waals surface area (Å²) in [5, 5.41) is 106. The fraction of sp³-hybridized carbons (Fsp3) is 0.0833. The van der Waals surface area contributed by atoms with Crippen LogP contribution in [0.5, 0.6) is 0 Å². The summed E-state index contributed by atoms with van der Waals surface area (Å²) in [6.45, 7) is 0. The molecule has 58 heavy (non-hydrogen) atoms. The summed E-state index contributed by atoms with van der Waals surface area (Å²) in [5.74, 6) is -4.73. The monoisotopic (exact) mass is 736 g/mol. The quantitative estimate of drug-likeness (QED) is 0.161. The lowest BCUT2D eigenvalue weighted by molar-refractivity contribution is 0.750. The van der Waals surface area contributed by atoms with Crippen LogP contribution in [0.1, 0.15) is 102 Å². The molecule has 4 atom stereocenters. The van der Waals surface area contributed by atoms with Crippen LogP contribution in [0.4, 0.5) is 0 Å². The number of hydrogen-bond acceptors (Lipinski definition) is 10. The van der Waals surface area contributed by atoms with Gasteiger partial charge in [-0.2, -0.15) is 52.6 Å². The van der Waals surface area contributed by atoms with Crippen molar-refractivity contribution in [2.24, 2.45) is 0 Å². The maximum atomic E-state index is 11.4. The molecule has 7 rings (SSSR count). The molecule has 4 unspecified atom stereocenters. The Bertz CT molecular complexity index is 2880. The third kappa shape index (κ3) is 5.65. The summed E-state index contributed by atoms with van der Waals surface area (Å²) in [4.78, 5) is 0. The Hall–Kier alpha value is -9.52. The molecule has 0 N–H and O–H groups in total. The zero-order chi connectivity index (χ0) is 41.1. The first-order valence-electron chi connectivity index (χ1n) is 17.5. The van der Waals surface area contributed by atoms with Gasteiger partial charge in [0.15, 0.2) is 0 Å². The van der Waals surface area contributed by atoms with Gasteiger partial charge in [-0.25, -0.2) is 0 Å². The molecular weight excluding hydrogens is 717 g/mol. The highest BCUT2D eigenvalue weighted by Crippen LogP contribution is 2.62. The average molecular weight is 737 g/mol. The molecule has 2 aliphatic carbocycles. The number of nitriles is 10. The van der Waals surface area contributed by atoms with E-state index in [2.05, 4.69) is 36.4 Å². The van der Waals surface area contributed by atoms with E-state index in [1.54, 1.807) is 60.7 Å². The fourth-order valence-corrected chi connectivity index (χ4v) is 8.42. The molecule has 0 radical (unpaired) electrons. The van der Waals surface area contributed by atoms with Gasteiger partial charge in [-0.15, -0.1) is 0 Å². The summed E-state index contributed by atoms with van der Waals surface area (Å²) >= 11 is 0. The van der Waals surface area contributed by atoms with E-state index in [1.165, 1.54) is 36.4 Å². The first-order chi connectivity index (χ1) is 28.4. The second-order valence-corrected chi connectivity index (χ2v) is 13.4. The van der Waals surface area contributed by atoms with Crippen molar-refractivity contribution in [1.29, 1.82) is 52.6 Å². The van der Waals surface area contributed by atoms with Gasteiger partial charge in [-0.05, 0) is 80.9 Å². The van der Waals surface area contributed by atoms with Gasteiger partial charge < -0.3 is 0 Å². The van der Waals surface area contributed by atoms with Crippen molar-refractivity contribution in [3.8, 4) is 60.7 Å². The van der Waals surface area contributed by atoms with Crippen LogP contribution in [-0.4, -0.2) is 0 Å². The highest BCUT2D eigenvalue weighted by atomic mass is 14.5. The Balaban J connectivity index is 1.68. The van der Waals surface area contributed by atoms with Crippen molar-refractivity contribution in [3.63, 3.8) is 0 Å². The van der Waals surface area contributed by atoms with Gasteiger partial charge in [0, 0.05) is 23.0 Å². The average Bonchev–Trinajstić information content (AvgIpc) is 3.79. The second kappa shape index (κ2) is 15.1. The third-order valence-electron chi connectivity index (χ3n) is 10.6. The molecule has 5 aromatic rings. The smallest absolute Gasteiger partial charge is 0.101 e. The highest BCUT2D eigenvalue weighted by Gasteiger charge is 2.49. The van der Waals surface area contributed by atoms with Gasteiger partial charge in [0.25, 0.3) is 0 Å². The maximum Gasteiger partial charge on any atom is 0.101 e. The minimum atomic E-state index is -1.23. The third-order valence-corrected chi connectivity index (χ3v) is 10.6. The molecule has 2 aliphatic rings. The van der Waals surface area contributed by atoms with Crippen molar-refractivity contribution in [3.05, 3.63) is 175 Å². The summed E-state index contributed by atoms with van der Waals surface area (Å²) in [7, 11) is 0. The van der Waals surface area contributed by atoms with Crippen LogP contribution >= 0.6 is 0 Å². The second-order valence-electron chi connectivity index (χ2n) is 13.4. The molecule has 0 saturated heterocycles. The molecule has 262 valence electrons. The molecule has 0 heterocycles. The Kier molecular flexibility index (Phi) is 9.57. The maximum absolute atomic E-state index is 11.4. The van der Waals surface area contributed by atoms with Crippen molar-refractivity contribution >= 4 is 22.3 Å². The normalized spacial score (nSPS) is 15.5. The summed E-state index contributed by atoms with van der Waals surface area (Å²) < 4.78 is 0. The molecule has 5 aromatic carbocycles. The number of nitrogens with zero attached hydrogens (tertiary/aromatic N) is 10. The van der Waals surface area contributed by atoms with E-state index in [0.29, 0.717) is 22.3 Å². The number of allylic oxidation sites excluding steroid dienone is 4. The Morgan fingerprint density at radius 1 is 0.379 bits per heavy atom. The summed E-state index contributed by atoms with van der Waals surface area (Å²) in [6, 6.07) is 47.9. The van der Waals surface area contributed by atoms with Crippen molar-refractivity contribution in [1.82, 2.24) is 0 Å². The number of fused-ring (bicyclic) bond motifs is 2. The Morgan fingerprint density at radius 2 is 0.724 bits per heavy atom. The molecular formula is C48H20N10. The molecule has 0 spiro atoms. The predicted octanol–water partition coefficient (Wildman–Crippen LogP) is 8.59. The van der Waals surface area contributed by atoms with Crippen LogP contribution < -0.4 is 0 Å². The van der Waals surface area contributed by atoms with Gasteiger partial charge in [-0.3, -0.25) is 0 Å². The van der Waals surface area contributed by atoms with Gasteiger partial charge in [0.05, 0.1) is 98.8 Å². The summed E-state index contributed by atoms with van der Waals surface area (Å²) in [6.07, 6.45) is 0. The topological polar surface area (TPSA) is 238 Å². The molecule has 10 heteroatoms. The van der Waals surface area contributed by atoms with E-state index < -0.39 is 23.7 Å². The molecule has 0 bridgehead atoms. The SMILES string of the molecule is N#CC1=C(c2ccccc2)C(C(C#N)c2cc(C#N)cc(C#N)c2)c2c(C#N)c3c(c(C#N)c21)C(C#N)=C(c1ccccc1)C3C(C#N)c1cc(C#N)cc(C#N)c1. The minimum absolute atomic E-state index is 0.00142. The van der Waals surface area contributed by atoms with E-state index >= 15 is 0 Å². The molecule has 0 aromatic heterocycles. The predicted molar refractivity (Wildman–Crippen MR) is 208 cm³/mol. The van der Waals surface area contributed by atoms with Gasteiger partial charge in [-0.1, -0.05) is 60.7 Å². The molecule has 0 amide bonds. The van der Waals surface area contributed by atoms with Gasteiger partial charge in [0.1, 0.15) is 18.2 Å². The lowest BCUT2D eigenvalue weighted by Gasteiger charge is -2.28. The molecule has 0 fully saturated rings. The van der Waals surface area contributed by atoms with Crippen LogP contribution in [-0.2, 0) is 0 Å². The van der Waals surface area contributed by atoms with Gasteiger partial charge in [0.2, 0.25) is 0 Å².